The molecule has 1 rings (SSSR count). The molecule has 0 atom stereocenters. The predicted molar refractivity (Wildman–Crippen MR) is 62.9 cm³/mol. The van der Waals surface area contributed by atoms with Gasteiger partial charge in [0.1, 0.15) is 5.75 Å². The van der Waals surface area contributed by atoms with Crippen molar-refractivity contribution >= 4 is 11.7 Å². The van der Waals surface area contributed by atoms with Crippen LogP contribution in [0.4, 0.5) is 5.69 Å². The third kappa shape index (κ3) is 4.21. The quantitative estimate of drug-likeness (QED) is 0.725. The van der Waals surface area contributed by atoms with Gasteiger partial charge in [0, 0.05) is 31.8 Å². The lowest BCUT2D eigenvalue weighted by Gasteiger charge is -2.19. The Morgan fingerprint density at radius 3 is 2.75 bits per heavy atom. The summed E-state index contributed by atoms with van der Waals surface area (Å²) in [6.07, 6.45) is 1.73. The van der Waals surface area contributed by atoms with E-state index in [1.807, 2.05) is 18.0 Å². The van der Waals surface area contributed by atoms with Gasteiger partial charge in [-0.25, -0.2) is 0 Å². The minimum absolute atomic E-state index is 0.216. The van der Waals surface area contributed by atoms with Gasteiger partial charge in [0.25, 0.3) is 0 Å². The Hall–Kier alpha value is -1.71. The van der Waals surface area contributed by atoms with Crippen molar-refractivity contribution in [3.8, 4) is 5.75 Å². The van der Waals surface area contributed by atoms with Crippen molar-refractivity contribution in [3.05, 3.63) is 24.3 Å². The number of nitrogens with zero attached hydrogens (tertiary/aromatic N) is 1. The molecule has 0 fully saturated rings. The van der Waals surface area contributed by atoms with E-state index in [4.69, 9.17) is 5.11 Å². The van der Waals surface area contributed by atoms with Gasteiger partial charge in [-0.1, -0.05) is 6.07 Å². The highest BCUT2D eigenvalue weighted by atomic mass is 16.4. The third-order valence-electron chi connectivity index (χ3n) is 2.40. The molecule has 0 amide bonds. The zero-order valence-electron chi connectivity index (χ0n) is 9.39. The van der Waals surface area contributed by atoms with Gasteiger partial charge in [-0.05, 0) is 25.0 Å². The van der Waals surface area contributed by atoms with E-state index in [2.05, 4.69) is 0 Å². The van der Waals surface area contributed by atoms with Gasteiger partial charge in [-0.15, -0.1) is 0 Å². The summed E-state index contributed by atoms with van der Waals surface area (Å²) in [6, 6.07) is 7.02. The molecule has 0 radical (unpaired) electrons. The second-order valence-electron chi connectivity index (χ2n) is 3.79. The number of carbonyl (C=O) groups is 1. The van der Waals surface area contributed by atoms with E-state index < -0.39 is 5.97 Å². The normalized spacial score (nSPS) is 10.1. The fraction of sp³-hybridized carbons (Fsp3) is 0.417. The minimum atomic E-state index is -0.750. The molecule has 0 bridgehead atoms. The van der Waals surface area contributed by atoms with Crippen LogP contribution in [0.2, 0.25) is 0 Å². The van der Waals surface area contributed by atoms with Gasteiger partial charge in [-0.2, -0.15) is 0 Å². The summed E-state index contributed by atoms with van der Waals surface area (Å²) in [6.45, 7) is 0.788. The molecule has 0 unspecified atom stereocenters. The van der Waals surface area contributed by atoms with E-state index >= 15 is 0 Å². The van der Waals surface area contributed by atoms with E-state index in [1.54, 1.807) is 18.2 Å². The molecule has 4 heteroatoms. The van der Waals surface area contributed by atoms with E-state index in [0.717, 1.165) is 18.7 Å². The standard InChI is InChI=1S/C12H17NO3/c1-13(8-3-2-7-12(15)16)10-5-4-6-11(14)9-10/h4-6,9,14H,2-3,7-8H2,1H3,(H,15,16). The number of hydrogen-bond acceptors (Lipinski definition) is 3. The van der Waals surface area contributed by atoms with Crippen molar-refractivity contribution in [2.75, 3.05) is 18.5 Å². The SMILES string of the molecule is CN(CCCCC(=O)O)c1cccc(O)c1. The highest BCUT2D eigenvalue weighted by molar-refractivity contribution is 5.66. The number of phenols is 1. The predicted octanol–water partition coefficient (Wildman–Crippen LogP) is 2.08. The summed E-state index contributed by atoms with van der Waals surface area (Å²) < 4.78 is 0. The zero-order chi connectivity index (χ0) is 12.0. The molecule has 1 aromatic rings. The molecule has 16 heavy (non-hydrogen) atoms. The fourth-order valence-electron chi connectivity index (χ4n) is 1.48. The Kier molecular flexibility index (Phi) is 4.64. The molecular formula is C12H17NO3. The number of hydrogen-bond donors (Lipinski definition) is 2. The number of anilines is 1. The van der Waals surface area contributed by atoms with E-state index in [9.17, 15) is 9.90 Å². The number of phenolic OH excluding ortho intramolecular Hbond substituents is 1. The van der Waals surface area contributed by atoms with Crippen LogP contribution in [0, 0.1) is 0 Å². The third-order valence-corrected chi connectivity index (χ3v) is 2.40. The van der Waals surface area contributed by atoms with Crippen LogP contribution in [-0.4, -0.2) is 29.8 Å². The second-order valence-corrected chi connectivity index (χ2v) is 3.79. The molecule has 0 saturated carbocycles. The number of benzene rings is 1. The van der Waals surface area contributed by atoms with Crippen molar-refractivity contribution < 1.29 is 15.0 Å². The van der Waals surface area contributed by atoms with Crippen LogP contribution in [0.25, 0.3) is 0 Å². The molecule has 0 aliphatic heterocycles. The molecule has 1 aromatic carbocycles. The van der Waals surface area contributed by atoms with Crippen LogP contribution >= 0.6 is 0 Å². The topological polar surface area (TPSA) is 60.8 Å². The maximum Gasteiger partial charge on any atom is 0.303 e. The van der Waals surface area contributed by atoms with Crippen LogP contribution < -0.4 is 4.90 Å². The first kappa shape index (κ1) is 12.4. The number of unbranched alkanes of at least 4 members (excludes halogenated alkanes) is 1. The molecule has 0 aliphatic carbocycles. The molecule has 0 heterocycles. The molecule has 88 valence electrons. The van der Waals surface area contributed by atoms with E-state index in [0.29, 0.717) is 6.42 Å². The Morgan fingerprint density at radius 2 is 2.12 bits per heavy atom. The van der Waals surface area contributed by atoms with Crippen LogP contribution in [0.5, 0.6) is 5.75 Å². The van der Waals surface area contributed by atoms with Crippen molar-refractivity contribution in [1.29, 1.82) is 0 Å². The largest absolute Gasteiger partial charge is 0.508 e. The Balaban J connectivity index is 2.35. The Labute approximate surface area is 95.1 Å². The van der Waals surface area contributed by atoms with Gasteiger partial charge >= 0.3 is 5.97 Å². The van der Waals surface area contributed by atoms with E-state index in [1.165, 1.54) is 0 Å². The molecule has 2 N–H and O–H groups in total. The highest BCUT2D eigenvalue weighted by Gasteiger charge is 2.02. The lowest BCUT2D eigenvalue weighted by molar-refractivity contribution is -0.137. The summed E-state index contributed by atoms with van der Waals surface area (Å²) in [4.78, 5) is 12.3. The zero-order valence-corrected chi connectivity index (χ0v) is 9.39. The average molecular weight is 223 g/mol. The summed E-state index contributed by atoms with van der Waals surface area (Å²) in [5.74, 6) is -0.505. The first-order valence-corrected chi connectivity index (χ1v) is 5.31. The van der Waals surface area contributed by atoms with Gasteiger partial charge < -0.3 is 15.1 Å². The highest BCUT2D eigenvalue weighted by Crippen LogP contribution is 2.19. The molecule has 0 spiro atoms. The van der Waals surface area contributed by atoms with Crippen LogP contribution in [0.1, 0.15) is 19.3 Å². The van der Waals surface area contributed by atoms with Gasteiger partial charge in [0.15, 0.2) is 0 Å². The molecule has 0 aromatic heterocycles. The monoisotopic (exact) mass is 223 g/mol. The lowest BCUT2D eigenvalue weighted by Crippen LogP contribution is -2.18. The fourth-order valence-corrected chi connectivity index (χ4v) is 1.48. The number of carboxylic acid groups (broad SMARTS) is 1. The molecule has 0 saturated heterocycles. The van der Waals surface area contributed by atoms with Crippen LogP contribution in [-0.2, 0) is 4.79 Å². The number of carboxylic acids is 1. The maximum absolute atomic E-state index is 10.3. The molecule has 4 nitrogen and oxygen atoms in total. The number of aromatic hydroxyl groups is 1. The van der Waals surface area contributed by atoms with Crippen LogP contribution in [0.3, 0.4) is 0 Å². The average Bonchev–Trinajstić information content (AvgIpc) is 2.24. The van der Waals surface area contributed by atoms with E-state index in [-0.39, 0.29) is 12.2 Å². The summed E-state index contributed by atoms with van der Waals surface area (Å²) >= 11 is 0. The summed E-state index contributed by atoms with van der Waals surface area (Å²) in [5, 5.41) is 17.8. The first-order chi connectivity index (χ1) is 7.59. The minimum Gasteiger partial charge on any atom is -0.508 e. The number of aliphatic carboxylic acids is 1. The maximum atomic E-state index is 10.3. The first-order valence-electron chi connectivity index (χ1n) is 5.31. The Morgan fingerprint density at radius 1 is 1.38 bits per heavy atom. The second kappa shape index (κ2) is 6.00. The van der Waals surface area contributed by atoms with Crippen molar-refractivity contribution in [1.82, 2.24) is 0 Å². The molecular weight excluding hydrogens is 206 g/mol. The summed E-state index contributed by atoms with van der Waals surface area (Å²) in [5.41, 5.74) is 0.940. The number of rotatable bonds is 6. The van der Waals surface area contributed by atoms with Crippen molar-refractivity contribution in [2.24, 2.45) is 0 Å². The Bertz CT molecular complexity index is 352. The smallest absolute Gasteiger partial charge is 0.303 e. The van der Waals surface area contributed by atoms with Crippen molar-refractivity contribution in [3.63, 3.8) is 0 Å². The summed E-state index contributed by atoms with van der Waals surface area (Å²) in [7, 11) is 1.93. The van der Waals surface area contributed by atoms with Crippen molar-refractivity contribution in [2.45, 2.75) is 19.3 Å². The molecule has 0 aliphatic rings. The van der Waals surface area contributed by atoms with Gasteiger partial charge in [0.2, 0.25) is 0 Å². The lowest BCUT2D eigenvalue weighted by atomic mass is 10.2. The van der Waals surface area contributed by atoms with Gasteiger partial charge in [-0.3, -0.25) is 4.79 Å². The van der Waals surface area contributed by atoms with Gasteiger partial charge in [0.05, 0.1) is 0 Å². The van der Waals surface area contributed by atoms with Crippen LogP contribution in [0.15, 0.2) is 24.3 Å².